The number of nitro benzene ring substituents is 1. The van der Waals surface area contributed by atoms with Crippen molar-refractivity contribution in [2.75, 3.05) is 5.88 Å². The first-order chi connectivity index (χ1) is 8.85. The monoisotopic (exact) mass is 284 g/mol. The van der Waals surface area contributed by atoms with E-state index in [-0.39, 0.29) is 29.1 Å². The molecule has 1 rings (SSSR count). The minimum Gasteiger partial charge on any atom is -0.348 e. The Morgan fingerprint density at radius 2 is 2.05 bits per heavy atom. The number of hydrogen-bond donors (Lipinski definition) is 1. The molecule has 0 radical (unpaired) electrons. The summed E-state index contributed by atoms with van der Waals surface area (Å²) in [5.74, 6) is 0.157. The largest absolute Gasteiger partial charge is 0.348 e. The van der Waals surface area contributed by atoms with Crippen molar-refractivity contribution in [1.82, 2.24) is 5.32 Å². The van der Waals surface area contributed by atoms with Crippen LogP contribution in [0.5, 0.6) is 0 Å². The highest BCUT2D eigenvalue weighted by molar-refractivity contribution is 6.18. The van der Waals surface area contributed by atoms with E-state index in [1.165, 1.54) is 12.1 Å². The van der Waals surface area contributed by atoms with Crippen molar-refractivity contribution < 1.29 is 9.72 Å². The molecule has 6 heteroatoms. The summed E-state index contributed by atoms with van der Waals surface area (Å²) in [6.45, 7) is 5.61. The Balaban J connectivity index is 2.96. The Morgan fingerprint density at radius 1 is 1.42 bits per heavy atom. The van der Waals surface area contributed by atoms with E-state index in [0.29, 0.717) is 11.4 Å². The quantitative estimate of drug-likeness (QED) is 0.513. The predicted molar refractivity (Wildman–Crippen MR) is 74.6 cm³/mol. The van der Waals surface area contributed by atoms with E-state index < -0.39 is 4.92 Å². The van der Waals surface area contributed by atoms with Crippen LogP contribution in [0, 0.1) is 23.0 Å². The molecule has 0 aliphatic carbocycles. The van der Waals surface area contributed by atoms with Gasteiger partial charge >= 0.3 is 0 Å². The Morgan fingerprint density at radius 3 is 2.53 bits per heavy atom. The van der Waals surface area contributed by atoms with Gasteiger partial charge in [0.2, 0.25) is 0 Å². The number of non-ortho nitro benzene ring substituents is 1. The molecule has 0 aromatic heterocycles. The summed E-state index contributed by atoms with van der Waals surface area (Å²) >= 11 is 5.78. The number of benzene rings is 1. The molecule has 0 saturated carbocycles. The standard InChI is InChI=1S/C13H17ClN2O3/c1-8(2)12(7-14)15-13(17)10-4-9(3)5-11(6-10)16(18)19/h4-6,8,12H,7H2,1-3H3,(H,15,17). The van der Waals surface area contributed by atoms with Crippen molar-refractivity contribution in [2.45, 2.75) is 26.8 Å². The maximum absolute atomic E-state index is 12.1. The number of aryl methyl sites for hydroxylation is 1. The normalized spacial score (nSPS) is 12.3. The zero-order valence-corrected chi connectivity index (χ0v) is 11.9. The van der Waals surface area contributed by atoms with Gasteiger partial charge in [-0.05, 0) is 24.5 Å². The lowest BCUT2D eigenvalue weighted by Gasteiger charge is -2.19. The molecule has 1 amide bonds. The van der Waals surface area contributed by atoms with Crippen LogP contribution in [0.2, 0.25) is 0 Å². The summed E-state index contributed by atoms with van der Waals surface area (Å²) < 4.78 is 0. The third-order valence-electron chi connectivity index (χ3n) is 2.82. The Bertz CT molecular complexity index is 489. The lowest BCUT2D eigenvalue weighted by Crippen LogP contribution is -2.39. The summed E-state index contributed by atoms with van der Waals surface area (Å²) in [7, 11) is 0. The van der Waals surface area contributed by atoms with Crippen molar-refractivity contribution in [3.05, 3.63) is 39.4 Å². The minimum atomic E-state index is -0.509. The van der Waals surface area contributed by atoms with Crippen LogP contribution in [0.4, 0.5) is 5.69 Å². The fourth-order valence-electron chi connectivity index (χ4n) is 1.63. The summed E-state index contributed by atoms with van der Waals surface area (Å²) in [6, 6.07) is 4.16. The highest BCUT2D eigenvalue weighted by Crippen LogP contribution is 2.17. The Kier molecular flexibility index (Phi) is 5.30. The fraction of sp³-hybridized carbons (Fsp3) is 0.462. The summed E-state index contributed by atoms with van der Waals surface area (Å²) in [5, 5.41) is 13.5. The molecule has 1 atom stereocenters. The van der Waals surface area contributed by atoms with Crippen LogP contribution >= 0.6 is 11.6 Å². The highest BCUT2D eigenvalue weighted by atomic mass is 35.5. The molecular weight excluding hydrogens is 268 g/mol. The van der Waals surface area contributed by atoms with E-state index in [2.05, 4.69) is 5.32 Å². The van der Waals surface area contributed by atoms with Gasteiger partial charge in [-0.25, -0.2) is 0 Å². The van der Waals surface area contributed by atoms with Crippen LogP contribution in [0.15, 0.2) is 18.2 Å². The van der Waals surface area contributed by atoms with Crippen LogP contribution in [0.1, 0.15) is 29.8 Å². The summed E-state index contributed by atoms with van der Waals surface area (Å²) in [4.78, 5) is 22.3. The van der Waals surface area contributed by atoms with E-state index in [9.17, 15) is 14.9 Å². The van der Waals surface area contributed by atoms with Crippen molar-refractivity contribution in [1.29, 1.82) is 0 Å². The first-order valence-electron chi connectivity index (χ1n) is 5.98. The van der Waals surface area contributed by atoms with Crippen LogP contribution in [0.3, 0.4) is 0 Å². The first-order valence-corrected chi connectivity index (χ1v) is 6.51. The molecular formula is C13H17ClN2O3. The van der Waals surface area contributed by atoms with E-state index in [1.54, 1.807) is 13.0 Å². The van der Waals surface area contributed by atoms with Gasteiger partial charge in [-0.2, -0.15) is 0 Å². The molecule has 0 aliphatic heterocycles. The number of carbonyl (C=O) groups excluding carboxylic acids is 1. The molecule has 104 valence electrons. The van der Waals surface area contributed by atoms with Gasteiger partial charge in [-0.15, -0.1) is 11.6 Å². The van der Waals surface area contributed by atoms with E-state index in [4.69, 9.17) is 11.6 Å². The molecule has 0 fully saturated rings. The first kappa shape index (κ1) is 15.4. The lowest BCUT2D eigenvalue weighted by atomic mass is 10.0. The number of nitrogens with zero attached hydrogens (tertiary/aromatic N) is 1. The average molecular weight is 285 g/mol. The number of halogens is 1. The van der Waals surface area contributed by atoms with Crippen LogP contribution in [0.25, 0.3) is 0 Å². The molecule has 0 spiro atoms. The van der Waals surface area contributed by atoms with E-state index in [1.807, 2.05) is 13.8 Å². The fourth-order valence-corrected chi connectivity index (χ4v) is 2.07. The SMILES string of the molecule is Cc1cc(C(=O)NC(CCl)C(C)C)cc([N+](=O)[O-])c1. The number of nitro groups is 1. The van der Waals surface area contributed by atoms with Crippen molar-refractivity contribution in [3.63, 3.8) is 0 Å². The lowest BCUT2D eigenvalue weighted by molar-refractivity contribution is -0.384. The second-order valence-corrected chi connectivity index (χ2v) is 5.10. The van der Waals surface area contributed by atoms with Gasteiger partial charge < -0.3 is 5.32 Å². The van der Waals surface area contributed by atoms with Gasteiger partial charge in [0.25, 0.3) is 11.6 Å². The smallest absolute Gasteiger partial charge is 0.270 e. The Labute approximate surface area is 117 Å². The topological polar surface area (TPSA) is 72.2 Å². The van der Waals surface area contributed by atoms with Gasteiger partial charge in [0, 0.05) is 29.6 Å². The number of rotatable bonds is 5. The maximum Gasteiger partial charge on any atom is 0.270 e. The van der Waals surface area contributed by atoms with Crippen LogP contribution in [-0.2, 0) is 0 Å². The number of carbonyl (C=O) groups is 1. The van der Waals surface area contributed by atoms with Crippen LogP contribution < -0.4 is 5.32 Å². The van der Waals surface area contributed by atoms with E-state index >= 15 is 0 Å². The molecule has 1 aromatic rings. The number of nitrogens with one attached hydrogen (secondary N) is 1. The van der Waals surface area contributed by atoms with Crippen molar-refractivity contribution in [2.24, 2.45) is 5.92 Å². The summed E-state index contributed by atoms with van der Waals surface area (Å²) in [5.41, 5.74) is 0.867. The van der Waals surface area contributed by atoms with Gasteiger partial charge in [-0.3, -0.25) is 14.9 Å². The number of alkyl halides is 1. The average Bonchev–Trinajstić information content (AvgIpc) is 2.34. The van der Waals surface area contributed by atoms with Crippen molar-refractivity contribution in [3.8, 4) is 0 Å². The summed E-state index contributed by atoms with van der Waals surface area (Å²) in [6.07, 6.45) is 0. The second kappa shape index (κ2) is 6.52. The molecule has 0 aliphatic rings. The molecule has 19 heavy (non-hydrogen) atoms. The van der Waals surface area contributed by atoms with Gasteiger partial charge in [0.15, 0.2) is 0 Å². The third-order valence-corrected chi connectivity index (χ3v) is 3.16. The molecule has 0 bridgehead atoms. The molecule has 1 unspecified atom stereocenters. The predicted octanol–water partition coefficient (Wildman–Crippen LogP) is 2.90. The second-order valence-electron chi connectivity index (χ2n) is 4.79. The zero-order valence-electron chi connectivity index (χ0n) is 11.1. The minimum absolute atomic E-state index is 0.0860. The third kappa shape index (κ3) is 4.21. The maximum atomic E-state index is 12.1. The molecule has 5 nitrogen and oxygen atoms in total. The molecule has 0 saturated heterocycles. The van der Waals surface area contributed by atoms with Crippen molar-refractivity contribution >= 4 is 23.2 Å². The number of hydrogen-bond acceptors (Lipinski definition) is 3. The van der Waals surface area contributed by atoms with Gasteiger partial charge in [-0.1, -0.05) is 13.8 Å². The van der Waals surface area contributed by atoms with E-state index in [0.717, 1.165) is 0 Å². The Hall–Kier alpha value is -1.62. The van der Waals surface area contributed by atoms with Gasteiger partial charge in [0.1, 0.15) is 0 Å². The zero-order chi connectivity index (χ0) is 14.6. The van der Waals surface area contributed by atoms with Gasteiger partial charge in [0.05, 0.1) is 4.92 Å². The van der Waals surface area contributed by atoms with Crippen LogP contribution in [-0.4, -0.2) is 22.8 Å². The molecule has 1 aromatic carbocycles. The molecule has 1 N–H and O–H groups in total. The molecule has 0 heterocycles. The highest BCUT2D eigenvalue weighted by Gasteiger charge is 2.18. The number of amides is 1.